The van der Waals surface area contributed by atoms with Crippen molar-refractivity contribution in [1.29, 1.82) is 0 Å². The highest BCUT2D eigenvalue weighted by atomic mass is 32.2. The predicted octanol–water partition coefficient (Wildman–Crippen LogP) is -6.81. The van der Waals surface area contributed by atoms with E-state index in [0.717, 1.165) is 25.0 Å². The van der Waals surface area contributed by atoms with Crippen molar-refractivity contribution >= 4 is 29.6 Å². The summed E-state index contributed by atoms with van der Waals surface area (Å²) in [6, 6.07) is -3.54. The standard InChI is InChI=1S/C46H85N7O22S/c47-33-38(60)37(59)27(22-54)71-44(33)74-42-29(24-56)73-45(35(49)40(42)62)75-41-28(23-55)72-43(34(48)39(41)61)70-9-3-7-50-32(58)6-10-64-12-14-66-16-18-68-20-21-69-19-17-67-15-13-65-11-8-51-31(57)5-2-1-4-30-36-26(25-76-30)52-46(63)53-36/h26-30,33-45,54-56,59-62H,1-25,47-49H2,(H,50,58)(H,51,57)(H2,52,53,63)/t26-,27+,28+,29+,30-,33+,34+,35+,36-,37-,38+,39+,40+,41-,42-,43-,44+,45+/m0/s1. The lowest BCUT2D eigenvalue weighted by Crippen LogP contribution is -2.69. The Morgan fingerprint density at radius 1 is 0.553 bits per heavy atom. The van der Waals surface area contributed by atoms with E-state index < -0.39 is 112 Å². The smallest absolute Gasteiger partial charge is 0.315 e. The summed E-state index contributed by atoms with van der Waals surface area (Å²) in [4.78, 5) is 35.9. The summed E-state index contributed by atoms with van der Waals surface area (Å²) in [5.41, 5.74) is 18.5. The minimum absolute atomic E-state index is 0.0120. The topological polar surface area (TPSA) is 430 Å². The predicted molar refractivity (Wildman–Crippen MR) is 265 cm³/mol. The van der Waals surface area contributed by atoms with Gasteiger partial charge in [-0.1, -0.05) is 6.42 Å². The molecule has 76 heavy (non-hydrogen) atoms. The molecule has 0 aromatic rings. The van der Waals surface area contributed by atoms with Crippen LogP contribution in [0, 0.1) is 0 Å². The van der Waals surface area contributed by atoms with Gasteiger partial charge in [0.1, 0.15) is 54.9 Å². The van der Waals surface area contributed by atoms with Gasteiger partial charge in [-0.25, -0.2) is 4.79 Å². The van der Waals surface area contributed by atoms with Crippen LogP contribution in [0.4, 0.5) is 4.79 Å². The van der Waals surface area contributed by atoms with Crippen molar-refractivity contribution in [1.82, 2.24) is 21.3 Å². The Kier molecular flexibility index (Phi) is 30.1. The number of rotatable bonds is 38. The summed E-state index contributed by atoms with van der Waals surface area (Å²) in [5, 5.41) is 84.4. The number of hydrogen-bond donors (Lipinski definition) is 14. The zero-order chi connectivity index (χ0) is 54.8. The number of ether oxygens (including phenoxy) is 12. The first kappa shape index (κ1) is 64.5. The molecule has 5 saturated heterocycles. The summed E-state index contributed by atoms with van der Waals surface area (Å²) in [6.07, 6.45) is -13.1. The first-order valence-electron chi connectivity index (χ1n) is 26.2. The lowest BCUT2D eigenvalue weighted by Gasteiger charge is -2.48. The third-order valence-electron chi connectivity index (χ3n) is 13.2. The number of hydrogen-bond acceptors (Lipinski definition) is 26. The maximum Gasteiger partial charge on any atom is 0.315 e. The number of aliphatic hydroxyl groups is 7. The second-order valence-corrected chi connectivity index (χ2v) is 20.1. The second-order valence-electron chi connectivity index (χ2n) is 18.8. The van der Waals surface area contributed by atoms with Gasteiger partial charge in [-0.15, -0.1) is 0 Å². The molecule has 29 nitrogen and oxygen atoms in total. The first-order chi connectivity index (χ1) is 36.8. The third kappa shape index (κ3) is 20.7. The molecule has 0 radical (unpaired) electrons. The van der Waals surface area contributed by atoms with E-state index in [9.17, 15) is 50.1 Å². The monoisotopic (exact) mass is 1120 g/mol. The highest BCUT2D eigenvalue weighted by molar-refractivity contribution is 8.00. The summed E-state index contributed by atoms with van der Waals surface area (Å²) < 4.78 is 67.4. The molecule has 442 valence electrons. The largest absolute Gasteiger partial charge is 0.394 e. The van der Waals surface area contributed by atoms with Crippen LogP contribution in [0.1, 0.15) is 38.5 Å². The van der Waals surface area contributed by atoms with E-state index in [0.29, 0.717) is 97.3 Å². The first-order valence-corrected chi connectivity index (χ1v) is 27.2. The van der Waals surface area contributed by atoms with E-state index in [-0.39, 0.29) is 56.1 Å². The lowest BCUT2D eigenvalue weighted by atomic mass is 9.94. The fourth-order valence-electron chi connectivity index (χ4n) is 8.90. The Balaban J connectivity index is 0.777. The van der Waals surface area contributed by atoms with Crippen LogP contribution in [0.5, 0.6) is 0 Å². The molecule has 5 fully saturated rings. The van der Waals surface area contributed by atoms with Gasteiger partial charge in [0.05, 0.1) is 136 Å². The van der Waals surface area contributed by atoms with Crippen molar-refractivity contribution in [2.75, 3.05) is 125 Å². The van der Waals surface area contributed by atoms with Crippen LogP contribution in [-0.2, 0) is 66.4 Å². The Bertz CT molecular complexity index is 1640. The number of aliphatic hydroxyl groups excluding tert-OH is 7. The number of amides is 4. The van der Waals surface area contributed by atoms with Gasteiger partial charge in [0.15, 0.2) is 18.9 Å². The van der Waals surface area contributed by atoms with Crippen molar-refractivity contribution in [3.05, 3.63) is 0 Å². The number of fused-ring (bicyclic) bond motifs is 1. The number of carbonyl (C=O) groups is 3. The Labute approximate surface area is 446 Å². The third-order valence-corrected chi connectivity index (χ3v) is 14.7. The molecule has 30 heteroatoms. The summed E-state index contributed by atoms with van der Waals surface area (Å²) in [5.74, 6) is 0.711. The van der Waals surface area contributed by atoms with Crippen LogP contribution in [0.15, 0.2) is 0 Å². The number of carbonyl (C=O) groups excluding carboxylic acids is 3. The molecule has 5 aliphatic rings. The molecular weight excluding hydrogens is 1030 g/mol. The van der Waals surface area contributed by atoms with E-state index >= 15 is 0 Å². The summed E-state index contributed by atoms with van der Waals surface area (Å²) in [6.45, 7) is 3.15. The van der Waals surface area contributed by atoms with E-state index in [4.69, 9.17) is 74.0 Å². The van der Waals surface area contributed by atoms with Crippen molar-refractivity contribution in [3.63, 3.8) is 0 Å². The molecule has 0 bridgehead atoms. The molecule has 0 aromatic carbocycles. The van der Waals surface area contributed by atoms with Crippen molar-refractivity contribution < 1.29 is 107 Å². The van der Waals surface area contributed by atoms with Gasteiger partial charge in [0.2, 0.25) is 11.8 Å². The second kappa shape index (κ2) is 35.4. The summed E-state index contributed by atoms with van der Waals surface area (Å²) in [7, 11) is 0. The Hall–Kier alpha value is -2.32. The zero-order valence-corrected chi connectivity index (χ0v) is 43.8. The lowest BCUT2D eigenvalue weighted by molar-refractivity contribution is -0.350. The van der Waals surface area contributed by atoms with E-state index in [2.05, 4.69) is 21.3 Å². The van der Waals surface area contributed by atoms with Gasteiger partial charge in [-0.2, -0.15) is 11.8 Å². The number of urea groups is 1. The highest BCUT2D eigenvalue weighted by Gasteiger charge is 2.53. The summed E-state index contributed by atoms with van der Waals surface area (Å²) >= 11 is 1.88. The molecular formula is C46H85N7O22S. The zero-order valence-electron chi connectivity index (χ0n) is 43.0. The fourth-order valence-corrected chi connectivity index (χ4v) is 10.4. The van der Waals surface area contributed by atoms with Gasteiger partial charge >= 0.3 is 6.03 Å². The molecule has 5 heterocycles. The molecule has 0 aromatic heterocycles. The Morgan fingerprint density at radius 3 is 1.59 bits per heavy atom. The van der Waals surface area contributed by atoms with Gasteiger partial charge < -0.3 is 131 Å². The SMILES string of the molecule is N[C@H]1[C@@H](O[C@@H]2[C@H](O)[C@@H](N)[C@@H](O[C@@H]3[C@H](O)[C@@H](N)[C@@H](OCCCNC(=O)CCOCCOCCOCCOCCOCCOCCNC(=O)CCCC[C@@H]4SC[C@@H]5NC(=O)N[C@@H]54)O[C@@H]3CO)O[C@@H]2CO)O[C@H](CO)[C@H](O)[C@@H]1O. The quantitative estimate of drug-likeness (QED) is 0.0202. The van der Waals surface area contributed by atoms with E-state index in [1.807, 2.05) is 11.8 Å². The molecule has 0 aliphatic carbocycles. The number of unbranched alkanes of at least 4 members (excludes halogenated alkanes) is 1. The van der Waals surface area contributed by atoms with Crippen LogP contribution in [-0.4, -0.2) is 287 Å². The van der Waals surface area contributed by atoms with Crippen molar-refractivity contribution in [2.24, 2.45) is 17.2 Å². The Morgan fingerprint density at radius 2 is 1.03 bits per heavy atom. The minimum Gasteiger partial charge on any atom is -0.394 e. The maximum absolute atomic E-state index is 12.3. The average molecular weight is 1120 g/mol. The highest BCUT2D eigenvalue weighted by Crippen LogP contribution is 2.34. The van der Waals surface area contributed by atoms with Crippen LogP contribution in [0.3, 0.4) is 0 Å². The molecule has 17 N–H and O–H groups in total. The maximum atomic E-state index is 12.3. The van der Waals surface area contributed by atoms with Gasteiger partial charge in [-0.3, -0.25) is 9.59 Å². The number of thioether (sulfide) groups is 1. The van der Waals surface area contributed by atoms with Crippen LogP contribution in [0.25, 0.3) is 0 Å². The van der Waals surface area contributed by atoms with Crippen LogP contribution < -0.4 is 38.5 Å². The molecule has 0 spiro atoms. The molecule has 0 unspecified atom stereocenters. The van der Waals surface area contributed by atoms with Gasteiger partial charge in [0.25, 0.3) is 0 Å². The van der Waals surface area contributed by atoms with Crippen LogP contribution >= 0.6 is 11.8 Å². The van der Waals surface area contributed by atoms with Crippen LogP contribution in [0.2, 0.25) is 0 Å². The molecule has 18 atom stereocenters. The molecule has 5 aliphatic heterocycles. The molecule has 0 saturated carbocycles. The normalized spacial score (nSPS) is 34.4. The van der Waals surface area contributed by atoms with Gasteiger partial charge in [-0.05, 0) is 19.3 Å². The molecule has 5 rings (SSSR count). The number of nitrogens with two attached hydrogens (primary N) is 3. The van der Waals surface area contributed by atoms with Gasteiger partial charge in [0, 0.05) is 36.9 Å². The van der Waals surface area contributed by atoms with E-state index in [1.165, 1.54) is 0 Å². The van der Waals surface area contributed by atoms with Crippen molar-refractivity contribution in [3.8, 4) is 0 Å². The van der Waals surface area contributed by atoms with E-state index in [1.54, 1.807) is 0 Å². The molecule has 4 amide bonds. The minimum atomic E-state index is -1.61. The van der Waals surface area contributed by atoms with Crippen molar-refractivity contribution in [2.45, 2.75) is 148 Å². The number of nitrogens with one attached hydrogen (secondary N) is 4. The fraction of sp³-hybridized carbons (Fsp3) is 0.935. The average Bonchev–Trinajstić information content (AvgIpc) is 3.98.